The number of nitrogens with zero attached hydrogens (tertiary/aromatic N) is 1. The Morgan fingerprint density at radius 1 is 1.11 bits per heavy atom. The fraction of sp³-hybridized carbons (Fsp3) is 0.542. The van der Waals surface area contributed by atoms with Crippen molar-refractivity contribution < 1.29 is 22.8 Å². The number of nitrogens with one attached hydrogen (secondary N) is 3. The van der Waals surface area contributed by atoms with Crippen LogP contribution in [0.1, 0.15) is 51.1 Å². The van der Waals surface area contributed by atoms with E-state index in [1.807, 2.05) is 12.5 Å². The van der Waals surface area contributed by atoms with Crippen LogP contribution in [0, 0.1) is 0 Å². The van der Waals surface area contributed by atoms with E-state index in [4.69, 9.17) is 11.6 Å². The molecule has 0 atom stereocenters. The number of pyridine rings is 1. The maximum absolute atomic E-state index is 13.3. The van der Waals surface area contributed by atoms with E-state index in [0.717, 1.165) is 18.9 Å². The summed E-state index contributed by atoms with van der Waals surface area (Å²) in [6.45, 7) is 1.89. The van der Waals surface area contributed by atoms with Crippen molar-refractivity contribution in [2.24, 2.45) is 0 Å². The first kappa shape index (κ1) is 29.0. The fourth-order valence-corrected chi connectivity index (χ4v) is 4.05. The number of benzene rings is 1. The van der Waals surface area contributed by atoms with Crippen LogP contribution in [0.15, 0.2) is 24.3 Å². The van der Waals surface area contributed by atoms with Gasteiger partial charge in [0.15, 0.2) is 0 Å². The zero-order chi connectivity index (χ0) is 26.0. The molecule has 0 radical (unpaired) electrons. The lowest BCUT2D eigenvalue weighted by atomic mass is 9.90. The van der Waals surface area contributed by atoms with Gasteiger partial charge in [0, 0.05) is 48.1 Å². The van der Waals surface area contributed by atoms with Gasteiger partial charge in [-0.15, -0.1) is 0 Å². The third kappa shape index (κ3) is 9.76. The highest BCUT2D eigenvalue weighted by Gasteiger charge is 2.34. The number of amides is 2. The predicted octanol–water partition coefficient (Wildman–Crippen LogP) is 5.64. The average molecular weight is 533 g/mol. The summed E-state index contributed by atoms with van der Waals surface area (Å²) in [7, 11) is 0. The molecule has 2 amide bonds. The topological polar surface area (TPSA) is 83.1 Å². The molecule has 1 aliphatic carbocycles. The molecule has 1 heterocycles. The van der Waals surface area contributed by atoms with Crippen LogP contribution < -0.4 is 16.0 Å². The largest absolute Gasteiger partial charge is 0.433 e. The van der Waals surface area contributed by atoms with Gasteiger partial charge in [-0.1, -0.05) is 11.6 Å². The molecule has 3 N–H and O–H groups in total. The molecule has 1 saturated carbocycles. The van der Waals surface area contributed by atoms with Crippen LogP contribution in [0.2, 0.25) is 5.02 Å². The lowest BCUT2D eigenvalue weighted by Gasteiger charge is -2.30. The number of hydrogen-bond donors (Lipinski definition) is 3. The van der Waals surface area contributed by atoms with E-state index in [9.17, 15) is 22.8 Å². The number of hydrogen-bond acceptors (Lipinski definition) is 5. The van der Waals surface area contributed by atoms with Gasteiger partial charge in [-0.25, -0.2) is 4.98 Å². The van der Waals surface area contributed by atoms with Gasteiger partial charge in [0.2, 0.25) is 11.8 Å². The van der Waals surface area contributed by atoms with Crippen LogP contribution in [0.3, 0.4) is 0 Å². The summed E-state index contributed by atoms with van der Waals surface area (Å²) in [6.07, 6.45) is 3.32. The number of thioether (sulfide) groups is 1. The van der Waals surface area contributed by atoms with Crippen molar-refractivity contribution in [3.8, 4) is 0 Å². The van der Waals surface area contributed by atoms with Crippen molar-refractivity contribution in [2.45, 2.75) is 63.7 Å². The molecule has 0 unspecified atom stereocenters. The Morgan fingerprint density at radius 3 is 2.34 bits per heavy atom. The number of fused-ring (bicyclic) bond motifs is 1. The number of aromatic nitrogens is 1. The molecule has 0 spiro atoms. The Hall–Kier alpha value is -2.20. The first-order chi connectivity index (χ1) is 16.5. The summed E-state index contributed by atoms with van der Waals surface area (Å²) in [5, 5.41) is 9.86. The molecular weight excluding hydrogens is 501 g/mol. The molecule has 35 heavy (non-hydrogen) atoms. The smallest absolute Gasteiger partial charge is 0.382 e. The van der Waals surface area contributed by atoms with E-state index < -0.39 is 11.9 Å². The molecule has 1 fully saturated rings. The highest BCUT2D eigenvalue weighted by Crippen LogP contribution is 2.35. The summed E-state index contributed by atoms with van der Waals surface area (Å²) < 4.78 is 39.9. The summed E-state index contributed by atoms with van der Waals surface area (Å²) in [4.78, 5) is 26.6. The Balaban J connectivity index is 0.00000137. The van der Waals surface area contributed by atoms with Gasteiger partial charge in [-0.05, 0) is 68.9 Å². The van der Waals surface area contributed by atoms with Crippen LogP contribution >= 0.6 is 23.4 Å². The Labute approximate surface area is 213 Å². The molecule has 0 saturated heterocycles. The second-order valence-corrected chi connectivity index (χ2v) is 9.72. The van der Waals surface area contributed by atoms with Gasteiger partial charge in [0.25, 0.3) is 0 Å². The summed E-state index contributed by atoms with van der Waals surface area (Å²) in [6, 6.07) is 5.66. The fourth-order valence-electron chi connectivity index (χ4n) is 3.88. The van der Waals surface area contributed by atoms with Crippen LogP contribution in [0.5, 0.6) is 0 Å². The number of halogens is 4. The average Bonchev–Trinajstić information content (AvgIpc) is 2.78. The lowest BCUT2D eigenvalue weighted by Crippen LogP contribution is -2.40. The number of alkyl halides is 3. The highest BCUT2D eigenvalue weighted by molar-refractivity contribution is 7.97. The Kier molecular flexibility index (Phi) is 11.4. The van der Waals surface area contributed by atoms with Crippen LogP contribution in [-0.4, -0.2) is 47.9 Å². The molecule has 1 aromatic heterocycles. The van der Waals surface area contributed by atoms with Crippen molar-refractivity contribution in [1.82, 2.24) is 15.6 Å². The quantitative estimate of drug-likeness (QED) is 0.402. The molecular formula is C24H32ClF3N4O2S. The minimum absolute atomic E-state index is 0.0198. The molecule has 194 valence electrons. The Morgan fingerprint density at radius 2 is 1.74 bits per heavy atom. The molecule has 1 aromatic carbocycles. The zero-order valence-corrected chi connectivity index (χ0v) is 21.7. The van der Waals surface area contributed by atoms with Gasteiger partial charge >= 0.3 is 6.18 Å². The van der Waals surface area contributed by atoms with E-state index in [2.05, 4.69) is 20.9 Å². The van der Waals surface area contributed by atoms with Gasteiger partial charge in [-0.3, -0.25) is 9.59 Å². The minimum Gasteiger partial charge on any atom is -0.382 e. The van der Waals surface area contributed by atoms with E-state index >= 15 is 0 Å². The molecule has 11 heteroatoms. The normalized spacial score (nSPS) is 17.8. The predicted molar refractivity (Wildman–Crippen MR) is 137 cm³/mol. The monoisotopic (exact) mass is 532 g/mol. The van der Waals surface area contributed by atoms with E-state index in [1.165, 1.54) is 19.1 Å². The third-order valence-electron chi connectivity index (χ3n) is 5.47. The van der Waals surface area contributed by atoms with Gasteiger partial charge in [0.05, 0.1) is 5.52 Å². The Bertz CT molecular complexity index is 999. The molecule has 6 nitrogen and oxygen atoms in total. The van der Waals surface area contributed by atoms with E-state index in [-0.39, 0.29) is 29.4 Å². The molecule has 0 bridgehead atoms. The summed E-state index contributed by atoms with van der Waals surface area (Å²) in [5.74, 6) is -0.181. The zero-order valence-electron chi connectivity index (χ0n) is 20.1. The van der Waals surface area contributed by atoms with Crippen LogP contribution in [-0.2, 0) is 15.8 Å². The number of carbonyl (C=O) groups is 2. The van der Waals surface area contributed by atoms with E-state index in [0.29, 0.717) is 48.3 Å². The van der Waals surface area contributed by atoms with Crippen LogP contribution in [0.4, 0.5) is 18.9 Å². The summed E-state index contributed by atoms with van der Waals surface area (Å²) in [5.41, 5.74) is -0.364. The lowest BCUT2D eigenvalue weighted by molar-refractivity contribution is -0.141. The van der Waals surface area contributed by atoms with Crippen molar-refractivity contribution in [1.29, 1.82) is 0 Å². The second kappa shape index (κ2) is 13.8. The maximum atomic E-state index is 13.3. The molecule has 0 aliphatic heterocycles. The van der Waals surface area contributed by atoms with Gasteiger partial charge < -0.3 is 16.0 Å². The van der Waals surface area contributed by atoms with Crippen molar-refractivity contribution in [2.75, 3.05) is 24.4 Å². The second-order valence-electron chi connectivity index (χ2n) is 8.47. The van der Waals surface area contributed by atoms with Crippen molar-refractivity contribution in [3.63, 3.8) is 0 Å². The summed E-state index contributed by atoms with van der Waals surface area (Å²) >= 11 is 7.80. The van der Waals surface area contributed by atoms with Crippen molar-refractivity contribution >= 4 is 51.8 Å². The van der Waals surface area contributed by atoms with Gasteiger partial charge in [-0.2, -0.15) is 24.9 Å². The number of anilines is 1. The molecule has 2 aromatic rings. The van der Waals surface area contributed by atoms with Crippen LogP contribution in [0.25, 0.3) is 10.9 Å². The van der Waals surface area contributed by atoms with E-state index in [1.54, 1.807) is 17.8 Å². The van der Waals surface area contributed by atoms with Crippen molar-refractivity contribution in [3.05, 3.63) is 35.0 Å². The molecule has 1 aliphatic rings. The first-order valence-corrected chi connectivity index (χ1v) is 13.4. The molecule has 3 rings (SSSR count). The number of carbonyl (C=O) groups excluding carboxylic acids is 2. The first-order valence-electron chi connectivity index (χ1n) is 11.4. The highest BCUT2D eigenvalue weighted by atomic mass is 35.5. The third-order valence-corrected chi connectivity index (χ3v) is 5.70. The van der Waals surface area contributed by atoms with Gasteiger partial charge in [0.1, 0.15) is 5.69 Å². The standard InChI is InChI=1S/C22H26ClF3N4O2.C2H6S/c1-13(31)27-10-2-3-21(32)29-16-7-5-15(6-8-16)28-19-12-20(22(24,25)26)30-18-9-4-14(23)11-17(18)19;1-3-2/h4,9,11-12,15-16H,2-3,5-8,10H2,1H3,(H,27,31)(H,28,30)(H,29,32);1-2H3. The maximum Gasteiger partial charge on any atom is 0.433 e. The minimum atomic E-state index is -4.55. The SMILES string of the molecule is CC(=O)NCCCC(=O)NC1CCC(Nc2cc(C(F)(F)F)nc3ccc(Cl)cc23)CC1.CSC. The number of rotatable bonds is 7.